The number of esters is 3. The van der Waals surface area contributed by atoms with Crippen LogP contribution < -0.4 is 9.80 Å². The maximum atomic E-state index is 12.8. The maximum absolute atomic E-state index is 12.8. The van der Waals surface area contributed by atoms with Crippen LogP contribution >= 0.6 is 0 Å². The lowest BCUT2D eigenvalue weighted by Gasteiger charge is -2.32. The second-order valence-corrected chi connectivity index (χ2v) is 12.1. The van der Waals surface area contributed by atoms with Gasteiger partial charge in [-0.15, -0.1) is 0 Å². The molecule has 1 N–H and O–H groups in total. The van der Waals surface area contributed by atoms with Gasteiger partial charge < -0.3 is 38.0 Å². The smallest absolute Gasteiger partial charge is 0.341 e. The fourth-order valence-electron chi connectivity index (χ4n) is 6.31. The van der Waals surface area contributed by atoms with Crippen molar-refractivity contribution in [2.75, 3.05) is 37.1 Å². The van der Waals surface area contributed by atoms with E-state index in [1.165, 1.54) is 14.2 Å². The third-order valence-electron chi connectivity index (χ3n) is 8.90. The first kappa shape index (κ1) is 34.9. The Hall–Kier alpha value is -5.92. The molecule has 2 atom stereocenters. The topological polar surface area (TPSA) is 175 Å². The molecule has 3 aromatic carbocycles. The molecule has 7 rings (SSSR count). The van der Waals surface area contributed by atoms with Gasteiger partial charge in [-0.1, -0.05) is 42.5 Å². The van der Waals surface area contributed by atoms with E-state index < -0.39 is 30.0 Å². The minimum absolute atomic E-state index is 0.226. The van der Waals surface area contributed by atoms with Crippen LogP contribution in [0.4, 0.5) is 12.0 Å². The molecular weight excluding hydrogens is 660 g/mol. The molecule has 5 aromatic rings. The number of hydrogen-bond donors (Lipinski definition) is 1. The molecule has 0 unspecified atom stereocenters. The van der Waals surface area contributed by atoms with Gasteiger partial charge in [0, 0.05) is 13.1 Å². The molecule has 0 amide bonds. The Morgan fingerprint density at radius 3 is 1.73 bits per heavy atom. The highest BCUT2D eigenvalue weighted by atomic mass is 16.5. The molecule has 0 spiro atoms. The summed E-state index contributed by atoms with van der Waals surface area (Å²) in [4.78, 5) is 60.3. The number of rotatable bonds is 8. The van der Waals surface area contributed by atoms with Gasteiger partial charge in [0.05, 0.1) is 14.2 Å². The van der Waals surface area contributed by atoms with Gasteiger partial charge in [-0.2, -0.15) is 9.97 Å². The average Bonchev–Trinajstić information content (AvgIpc) is 3.82. The van der Waals surface area contributed by atoms with Crippen LogP contribution in [0.15, 0.2) is 75.6 Å². The van der Waals surface area contributed by atoms with Gasteiger partial charge in [0.1, 0.15) is 40.9 Å². The number of methoxy groups -OCH3 is 2. The van der Waals surface area contributed by atoms with Crippen molar-refractivity contribution in [3.05, 3.63) is 83.4 Å². The first-order valence-corrected chi connectivity index (χ1v) is 16.7. The number of para-hydroxylation sites is 2. The van der Waals surface area contributed by atoms with Gasteiger partial charge in [-0.05, 0) is 68.4 Å². The molecule has 0 radical (unpaired) electrons. The first-order valence-electron chi connectivity index (χ1n) is 16.7. The number of oxazole rings is 2. The standard InChI is InChI=1S/C22H22N2O5.C15H16N2O5/c1-27-20(25)16-10-7-11-17-19(16)29-22(23-17)24-13-6-5-12-18(24)21(26)28-14-15-8-3-2-4-9-15;1-21-14(20)9-5-4-6-10-12(9)22-15(16-10)17-8-3-2-7-11(17)13(18)19/h2-4,7-11,18H,5-6,12-14H2,1H3;4-6,11H,2-3,7-8H2,1H3,(H,18,19)/t18-;11-/m00/s1. The normalized spacial score (nSPS) is 17.4. The molecule has 51 heavy (non-hydrogen) atoms. The lowest BCUT2D eigenvalue weighted by atomic mass is 10.0. The quantitative estimate of drug-likeness (QED) is 0.153. The molecule has 14 nitrogen and oxygen atoms in total. The van der Waals surface area contributed by atoms with E-state index in [1.54, 1.807) is 41.3 Å². The Morgan fingerprint density at radius 1 is 0.706 bits per heavy atom. The molecular formula is C37H38N4O10. The number of hydrogen-bond acceptors (Lipinski definition) is 13. The number of aromatic nitrogens is 2. The Kier molecular flexibility index (Phi) is 10.8. The molecule has 2 aliphatic rings. The van der Waals surface area contributed by atoms with E-state index in [-0.39, 0.29) is 24.2 Å². The van der Waals surface area contributed by atoms with E-state index in [9.17, 15) is 24.3 Å². The zero-order chi connectivity index (χ0) is 35.9. The second-order valence-electron chi connectivity index (χ2n) is 12.1. The molecule has 266 valence electrons. The summed E-state index contributed by atoms with van der Waals surface area (Å²) in [6.07, 6.45) is 4.81. The monoisotopic (exact) mass is 698 g/mol. The predicted molar refractivity (Wildman–Crippen MR) is 185 cm³/mol. The van der Waals surface area contributed by atoms with E-state index in [4.69, 9.17) is 23.0 Å². The summed E-state index contributed by atoms with van der Waals surface area (Å²) in [6, 6.07) is 19.1. The average molecular weight is 699 g/mol. The van der Waals surface area contributed by atoms with Crippen LogP contribution in [0.5, 0.6) is 0 Å². The number of piperidine rings is 2. The summed E-state index contributed by atoms with van der Waals surface area (Å²) in [5, 5.41) is 9.34. The van der Waals surface area contributed by atoms with Crippen LogP contribution in [-0.4, -0.2) is 78.3 Å². The van der Waals surface area contributed by atoms with E-state index in [0.717, 1.165) is 31.2 Å². The van der Waals surface area contributed by atoms with Crippen molar-refractivity contribution in [2.45, 2.75) is 57.2 Å². The number of ether oxygens (including phenoxy) is 3. The number of nitrogens with zero attached hydrogens (tertiary/aromatic N) is 4. The molecule has 0 aliphatic carbocycles. The maximum Gasteiger partial charge on any atom is 0.341 e. The highest BCUT2D eigenvalue weighted by Gasteiger charge is 2.34. The zero-order valence-corrected chi connectivity index (χ0v) is 28.3. The van der Waals surface area contributed by atoms with E-state index >= 15 is 0 Å². The van der Waals surface area contributed by atoms with Gasteiger partial charge in [0.2, 0.25) is 0 Å². The molecule has 0 bridgehead atoms. The highest BCUT2D eigenvalue weighted by Crippen LogP contribution is 2.31. The number of carbonyl (C=O) groups is 4. The Bertz CT molecular complexity index is 2020. The first-order chi connectivity index (χ1) is 24.8. The number of anilines is 2. The van der Waals surface area contributed by atoms with Crippen molar-refractivity contribution < 1.29 is 47.3 Å². The summed E-state index contributed by atoms with van der Waals surface area (Å²) in [6.45, 7) is 1.42. The van der Waals surface area contributed by atoms with E-state index in [0.29, 0.717) is 59.7 Å². The van der Waals surface area contributed by atoms with Crippen molar-refractivity contribution in [3.63, 3.8) is 0 Å². The van der Waals surface area contributed by atoms with Gasteiger partial charge >= 0.3 is 23.9 Å². The molecule has 4 heterocycles. The van der Waals surface area contributed by atoms with E-state index in [1.807, 2.05) is 35.2 Å². The fraction of sp³-hybridized carbons (Fsp3) is 0.351. The van der Waals surface area contributed by atoms with Crippen LogP contribution in [0.3, 0.4) is 0 Å². The van der Waals surface area contributed by atoms with E-state index in [2.05, 4.69) is 9.97 Å². The Labute approximate surface area is 292 Å². The van der Waals surface area contributed by atoms with Crippen LogP contribution in [0.25, 0.3) is 22.2 Å². The third-order valence-corrected chi connectivity index (χ3v) is 8.90. The number of carboxylic acid groups (broad SMARTS) is 1. The Morgan fingerprint density at radius 2 is 1.22 bits per heavy atom. The number of fused-ring (bicyclic) bond motifs is 2. The van der Waals surface area contributed by atoms with Crippen molar-refractivity contribution in [2.24, 2.45) is 0 Å². The number of carbonyl (C=O) groups excluding carboxylic acids is 3. The summed E-state index contributed by atoms with van der Waals surface area (Å²) in [7, 11) is 2.62. The lowest BCUT2D eigenvalue weighted by molar-refractivity contribution is -0.147. The SMILES string of the molecule is COC(=O)c1cccc2nc(N3CCCC[C@H]3C(=O)O)oc12.COC(=O)c1cccc2nc(N3CCCC[C@H]3C(=O)OCc3ccccc3)oc12. The van der Waals surface area contributed by atoms with Crippen LogP contribution in [-0.2, 0) is 30.4 Å². The summed E-state index contributed by atoms with van der Waals surface area (Å²) >= 11 is 0. The van der Waals surface area contributed by atoms with Gasteiger partial charge in [0.25, 0.3) is 12.0 Å². The van der Waals surface area contributed by atoms with Crippen molar-refractivity contribution in [1.29, 1.82) is 0 Å². The Balaban J connectivity index is 0.000000183. The van der Waals surface area contributed by atoms with Crippen molar-refractivity contribution >= 4 is 58.1 Å². The summed E-state index contributed by atoms with van der Waals surface area (Å²) < 4.78 is 26.7. The largest absolute Gasteiger partial charge is 0.480 e. The number of aliphatic carboxylic acids is 1. The molecule has 14 heteroatoms. The van der Waals surface area contributed by atoms with Crippen LogP contribution in [0.2, 0.25) is 0 Å². The predicted octanol–water partition coefficient (Wildman–Crippen LogP) is 5.77. The second kappa shape index (κ2) is 15.7. The molecule has 2 aromatic heterocycles. The third kappa shape index (κ3) is 7.64. The van der Waals surface area contributed by atoms with Crippen LogP contribution in [0.1, 0.15) is 64.8 Å². The minimum Gasteiger partial charge on any atom is -0.480 e. The van der Waals surface area contributed by atoms with Crippen LogP contribution in [0, 0.1) is 0 Å². The van der Waals surface area contributed by atoms with Crippen molar-refractivity contribution in [3.8, 4) is 0 Å². The van der Waals surface area contributed by atoms with Gasteiger partial charge in [-0.25, -0.2) is 19.2 Å². The fourth-order valence-corrected chi connectivity index (χ4v) is 6.31. The minimum atomic E-state index is -0.893. The number of carboxylic acids is 1. The molecule has 2 saturated heterocycles. The lowest BCUT2D eigenvalue weighted by Crippen LogP contribution is -2.45. The highest BCUT2D eigenvalue weighted by molar-refractivity contribution is 6.02. The summed E-state index contributed by atoms with van der Waals surface area (Å²) in [5.74, 6) is -2.20. The zero-order valence-electron chi connectivity index (χ0n) is 28.3. The van der Waals surface area contributed by atoms with Crippen molar-refractivity contribution in [1.82, 2.24) is 9.97 Å². The molecule has 2 fully saturated rings. The van der Waals surface area contributed by atoms with Gasteiger partial charge in [-0.3, -0.25) is 0 Å². The molecule has 2 aliphatic heterocycles. The number of benzene rings is 3. The molecule has 0 saturated carbocycles. The van der Waals surface area contributed by atoms with Gasteiger partial charge in [0.15, 0.2) is 11.2 Å². The summed E-state index contributed by atoms with van der Waals surface area (Å²) in [5.41, 5.74) is 3.26.